The topological polar surface area (TPSA) is 143 Å². The average molecular weight is 630 g/mol. The lowest BCUT2D eigenvalue weighted by Gasteiger charge is -2.25. The van der Waals surface area contributed by atoms with Gasteiger partial charge in [-0.3, -0.25) is 15.1 Å². The summed E-state index contributed by atoms with van der Waals surface area (Å²) in [6.45, 7) is 4.06. The Balaban J connectivity index is 1.39. The standard InChI is InChI=1S/C34H32ClN3O7/c1-21-10-26(17-38-34(2,20-39)33(40)41)30(44-18-23-11-22(14-36)15-37-16-23)13-29(21)45-19-25-4-3-5-27(32(25)35)24-6-7-28-31(12-24)43-9-8-42-28/h3-7,10-13,15-16,38-39H,8-9,17-20H2,1-2H3,(H,40,41)/t34-/m1/s1. The van der Waals surface area contributed by atoms with E-state index in [0.29, 0.717) is 57.9 Å². The van der Waals surface area contributed by atoms with E-state index in [1.54, 1.807) is 18.3 Å². The molecule has 0 aliphatic carbocycles. The fourth-order valence-corrected chi connectivity index (χ4v) is 5.01. The van der Waals surface area contributed by atoms with Crippen molar-refractivity contribution in [1.29, 1.82) is 5.26 Å². The monoisotopic (exact) mass is 629 g/mol. The number of benzene rings is 3. The lowest BCUT2D eigenvalue weighted by molar-refractivity contribution is -0.145. The van der Waals surface area contributed by atoms with E-state index in [1.807, 2.05) is 49.4 Å². The zero-order chi connectivity index (χ0) is 32.0. The van der Waals surface area contributed by atoms with Gasteiger partial charge in [-0.15, -0.1) is 0 Å². The second-order valence-corrected chi connectivity index (χ2v) is 11.2. The Bertz CT molecular complexity index is 1760. The van der Waals surface area contributed by atoms with E-state index in [2.05, 4.69) is 16.4 Å². The predicted molar refractivity (Wildman–Crippen MR) is 167 cm³/mol. The number of aliphatic carboxylic acids is 1. The first-order valence-electron chi connectivity index (χ1n) is 14.2. The van der Waals surface area contributed by atoms with Crippen LogP contribution in [0.25, 0.3) is 11.1 Å². The molecule has 0 saturated carbocycles. The molecule has 1 aliphatic heterocycles. The third-order valence-corrected chi connectivity index (χ3v) is 7.90. The van der Waals surface area contributed by atoms with E-state index in [-0.39, 0.29) is 19.8 Å². The van der Waals surface area contributed by atoms with Crippen LogP contribution >= 0.6 is 11.6 Å². The number of nitrogens with one attached hydrogen (secondary N) is 1. The number of nitriles is 1. The molecular weight excluding hydrogens is 598 g/mol. The molecule has 1 atom stereocenters. The largest absolute Gasteiger partial charge is 0.488 e. The summed E-state index contributed by atoms with van der Waals surface area (Å²) in [5.74, 6) is 1.17. The van der Waals surface area contributed by atoms with Gasteiger partial charge in [0.25, 0.3) is 0 Å². The fourth-order valence-electron chi connectivity index (χ4n) is 4.72. The highest BCUT2D eigenvalue weighted by atomic mass is 35.5. The van der Waals surface area contributed by atoms with Crippen LogP contribution in [0.5, 0.6) is 23.0 Å². The van der Waals surface area contributed by atoms with Gasteiger partial charge in [-0.25, -0.2) is 0 Å². The molecule has 232 valence electrons. The van der Waals surface area contributed by atoms with Crippen LogP contribution in [-0.2, 0) is 24.6 Å². The Labute approximate surface area is 265 Å². The predicted octanol–water partition coefficient (Wildman–Crippen LogP) is 5.44. The second-order valence-electron chi connectivity index (χ2n) is 10.8. The fraction of sp³-hybridized carbons (Fsp3) is 0.265. The Morgan fingerprint density at radius 1 is 1.04 bits per heavy atom. The highest BCUT2D eigenvalue weighted by molar-refractivity contribution is 6.34. The van der Waals surface area contributed by atoms with E-state index >= 15 is 0 Å². The number of aromatic nitrogens is 1. The van der Waals surface area contributed by atoms with Gasteiger partial charge >= 0.3 is 5.97 Å². The van der Waals surface area contributed by atoms with Crippen molar-refractivity contribution in [3.8, 4) is 40.2 Å². The smallest absolute Gasteiger partial charge is 0.326 e. The number of ether oxygens (including phenoxy) is 4. The van der Waals surface area contributed by atoms with E-state index < -0.39 is 18.1 Å². The first-order chi connectivity index (χ1) is 21.7. The Morgan fingerprint density at radius 2 is 1.82 bits per heavy atom. The number of aliphatic hydroxyl groups is 1. The molecule has 0 fully saturated rings. The number of aryl methyl sites for hydroxylation is 1. The average Bonchev–Trinajstić information content (AvgIpc) is 3.06. The molecule has 45 heavy (non-hydrogen) atoms. The SMILES string of the molecule is Cc1cc(CN[C@](C)(CO)C(=O)O)c(OCc2cncc(C#N)c2)cc1OCc1cccc(-c2ccc3c(c2)OCCO3)c1Cl. The number of fused-ring (bicyclic) bond motifs is 1. The van der Waals surface area contributed by atoms with Crippen molar-refractivity contribution < 1.29 is 34.0 Å². The Morgan fingerprint density at radius 3 is 2.58 bits per heavy atom. The molecule has 0 spiro atoms. The van der Waals surface area contributed by atoms with Crippen LogP contribution in [0.3, 0.4) is 0 Å². The van der Waals surface area contributed by atoms with E-state index in [4.69, 9.17) is 30.5 Å². The van der Waals surface area contributed by atoms with Gasteiger partial charge in [-0.1, -0.05) is 35.9 Å². The number of carbonyl (C=O) groups is 1. The molecular formula is C34H32ClN3O7. The van der Waals surface area contributed by atoms with Gasteiger partial charge in [0, 0.05) is 47.3 Å². The molecule has 2 heterocycles. The van der Waals surface area contributed by atoms with Gasteiger partial charge in [-0.2, -0.15) is 5.26 Å². The summed E-state index contributed by atoms with van der Waals surface area (Å²) in [5, 5.41) is 32.0. The van der Waals surface area contributed by atoms with Gasteiger partial charge in [0.15, 0.2) is 11.5 Å². The lowest BCUT2D eigenvalue weighted by atomic mass is 10.0. The molecule has 0 unspecified atom stereocenters. The van der Waals surface area contributed by atoms with E-state index in [9.17, 15) is 20.3 Å². The number of hydrogen-bond acceptors (Lipinski definition) is 9. The molecule has 4 aromatic rings. The van der Waals surface area contributed by atoms with Crippen LogP contribution in [0.4, 0.5) is 0 Å². The number of carboxylic acids is 1. The van der Waals surface area contributed by atoms with Gasteiger partial charge in [-0.05, 0) is 49.2 Å². The molecule has 3 aromatic carbocycles. The maximum atomic E-state index is 11.7. The molecule has 0 bridgehead atoms. The van der Waals surface area contributed by atoms with Crippen LogP contribution < -0.4 is 24.3 Å². The van der Waals surface area contributed by atoms with E-state index in [1.165, 1.54) is 13.1 Å². The Hall–Kier alpha value is -4.82. The van der Waals surface area contributed by atoms with Crippen molar-refractivity contribution >= 4 is 17.6 Å². The molecule has 0 radical (unpaired) electrons. The number of aliphatic hydroxyl groups excluding tert-OH is 1. The van der Waals surface area contributed by atoms with Gasteiger partial charge in [0.2, 0.25) is 0 Å². The van der Waals surface area contributed by atoms with Crippen molar-refractivity contribution in [2.45, 2.75) is 39.1 Å². The molecule has 1 aliphatic rings. The van der Waals surface area contributed by atoms with Crippen molar-refractivity contribution in [2.75, 3.05) is 19.8 Å². The van der Waals surface area contributed by atoms with Gasteiger partial charge in [0.05, 0.1) is 17.2 Å². The van der Waals surface area contributed by atoms with Crippen LogP contribution in [0.15, 0.2) is 67.0 Å². The zero-order valence-electron chi connectivity index (χ0n) is 24.8. The molecule has 5 rings (SSSR count). The summed E-state index contributed by atoms with van der Waals surface area (Å²) >= 11 is 6.87. The van der Waals surface area contributed by atoms with Crippen molar-refractivity contribution in [2.24, 2.45) is 0 Å². The minimum Gasteiger partial charge on any atom is -0.488 e. The third kappa shape index (κ3) is 7.29. The van der Waals surface area contributed by atoms with Crippen molar-refractivity contribution in [1.82, 2.24) is 10.3 Å². The molecule has 3 N–H and O–H groups in total. The Kier molecular flexibility index (Phi) is 9.74. The molecule has 10 nitrogen and oxygen atoms in total. The highest BCUT2D eigenvalue weighted by Gasteiger charge is 2.32. The quantitative estimate of drug-likeness (QED) is 0.185. The molecule has 11 heteroatoms. The second kappa shape index (κ2) is 13.9. The van der Waals surface area contributed by atoms with Crippen LogP contribution in [0.2, 0.25) is 5.02 Å². The first-order valence-corrected chi connectivity index (χ1v) is 14.6. The summed E-state index contributed by atoms with van der Waals surface area (Å²) in [6.07, 6.45) is 3.07. The number of halogens is 1. The maximum absolute atomic E-state index is 11.7. The number of rotatable bonds is 12. The maximum Gasteiger partial charge on any atom is 0.326 e. The third-order valence-electron chi connectivity index (χ3n) is 7.45. The summed E-state index contributed by atoms with van der Waals surface area (Å²) in [4.78, 5) is 15.8. The van der Waals surface area contributed by atoms with Crippen LogP contribution in [-0.4, -0.2) is 46.5 Å². The normalized spacial score (nSPS) is 13.4. The highest BCUT2D eigenvalue weighted by Crippen LogP contribution is 2.38. The molecule has 0 saturated heterocycles. The van der Waals surface area contributed by atoms with Crippen molar-refractivity contribution in [3.05, 3.63) is 99.8 Å². The van der Waals surface area contributed by atoms with Gasteiger partial charge < -0.3 is 29.2 Å². The zero-order valence-corrected chi connectivity index (χ0v) is 25.6. The minimum atomic E-state index is -1.55. The summed E-state index contributed by atoms with van der Waals surface area (Å²) in [5.41, 5.74) is 3.47. The first kappa shape index (κ1) is 31.6. The molecule has 0 amide bonds. The van der Waals surface area contributed by atoms with Crippen LogP contribution in [0, 0.1) is 18.3 Å². The minimum absolute atomic E-state index is 0.0969. The number of nitrogens with zero attached hydrogens (tertiary/aromatic N) is 2. The van der Waals surface area contributed by atoms with Gasteiger partial charge in [0.1, 0.15) is 49.5 Å². The van der Waals surface area contributed by atoms with Crippen LogP contribution in [0.1, 0.15) is 34.7 Å². The summed E-state index contributed by atoms with van der Waals surface area (Å²) < 4.78 is 23.8. The number of pyridine rings is 1. The number of hydrogen-bond donors (Lipinski definition) is 3. The van der Waals surface area contributed by atoms with E-state index in [0.717, 1.165) is 22.3 Å². The summed E-state index contributed by atoms with van der Waals surface area (Å²) in [6, 6.07) is 18.8. The summed E-state index contributed by atoms with van der Waals surface area (Å²) in [7, 11) is 0. The van der Waals surface area contributed by atoms with Crippen molar-refractivity contribution in [3.63, 3.8) is 0 Å². The lowest BCUT2D eigenvalue weighted by Crippen LogP contribution is -2.52. The number of carboxylic acid groups (broad SMARTS) is 1. The molecule has 1 aromatic heterocycles.